The number of sulfone groups is 1. The number of hydrogen-bond acceptors (Lipinski definition) is 6. The van der Waals surface area contributed by atoms with Crippen molar-refractivity contribution in [2.75, 3.05) is 31.6 Å². The molecule has 1 amide bonds. The highest BCUT2D eigenvalue weighted by molar-refractivity contribution is 7.91. The lowest BCUT2D eigenvalue weighted by Gasteiger charge is -2.41. The zero-order valence-corrected chi connectivity index (χ0v) is 13.3. The largest absolute Gasteiger partial charge is 0.360 e. The standard InChI is InChI=1S/C14H19N3O4S/c1-16-4-5-17(12-8-22(19,20)7-11(12)16)14(18)10-6-13(21-15-10)9-2-3-9/h6,9,11-12H,2-5,7-8H2,1H3. The number of carbonyl (C=O) groups is 1. The summed E-state index contributed by atoms with van der Waals surface area (Å²) < 4.78 is 29.1. The molecule has 0 N–H and O–H groups in total. The highest BCUT2D eigenvalue weighted by Gasteiger charge is 2.47. The van der Waals surface area contributed by atoms with Crippen LogP contribution in [0.5, 0.6) is 0 Å². The van der Waals surface area contributed by atoms with Crippen molar-refractivity contribution < 1.29 is 17.7 Å². The fourth-order valence-electron chi connectivity index (χ4n) is 3.48. The van der Waals surface area contributed by atoms with Gasteiger partial charge in [-0.15, -0.1) is 0 Å². The summed E-state index contributed by atoms with van der Waals surface area (Å²) in [6.45, 7) is 1.20. The van der Waals surface area contributed by atoms with Gasteiger partial charge in [-0.05, 0) is 19.9 Å². The summed E-state index contributed by atoms with van der Waals surface area (Å²) in [6, 6.07) is 1.33. The SMILES string of the molecule is CN1CCN(C(=O)c2cc(C3CC3)on2)C2CS(=O)(=O)CC21. The normalized spacial score (nSPS) is 31.2. The Morgan fingerprint density at radius 2 is 2.00 bits per heavy atom. The fourth-order valence-corrected chi connectivity index (χ4v) is 5.53. The Bertz CT molecular complexity index is 709. The molecule has 2 aliphatic heterocycles. The zero-order chi connectivity index (χ0) is 15.5. The number of piperazine rings is 1. The number of carbonyl (C=O) groups excluding carboxylic acids is 1. The van der Waals surface area contributed by atoms with Crippen molar-refractivity contribution in [3.63, 3.8) is 0 Å². The van der Waals surface area contributed by atoms with Crippen molar-refractivity contribution in [3.8, 4) is 0 Å². The van der Waals surface area contributed by atoms with Gasteiger partial charge in [0.1, 0.15) is 5.76 Å². The molecular weight excluding hydrogens is 306 g/mol. The highest BCUT2D eigenvalue weighted by Crippen LogP contribution is 2.40. The average Bonchev–Trinajstić information content (AvgIpc) is 3.09. The van der Waals surface area contributed by atoms with E-state index in [1.54, 1.807) is 11.0 Å². The van der Waals surface area contributed by atoms with Crippen LogP contribution in [0.1, 0.15) is 35.0 Å². The molecule has 1 aliphatic carbocycles. The molecule has 3 aliphatic rings. The van der Waals surface area contributed by atoms with Gasteiger partial charge in [0.2, 0.25) is 0 Å². The molecular formula is C14H19N3O4S. The van der Waals surface area contributed by atoms with E-state index in [4.69, 9.17) is 4.52 Å². The maximum absolute atomic E-state index is 12.7. The lowest BCUT2D eigenvalue weighted by Crippen LogP contribution is -2.59. The minimum absolute atomic E-state index is 0.0427. The predicted octanol–water partition coefficient (Wildman–Crippen LogP) is 0.105. The van der Waals surface area contributed by atoms with E-state index in [1.807, 2.05) is 11.9 Å². The van der Waals surface area contributed by atoms with Crippen LogP contribution in [0.2, 0.25) is 0 Å². The molecule has 3 heterocycles. The summed E-state index contributed by atoms with van der Waals surface area (Å²) in [5.74, 6) is 1.13. The van der Waals surface area contributed by atoms with Crippen LogP contribution in [-0.4, -0.2) is 73.0 Å². The molecule has 22 heavy (non-hydrogen) atoms. The molecule has 120 valence electrons. The molecule has 1 saturated carbocycles. The molecule has 2 saturated heterocycles. The molecule has 3 fully saturated rings. The summed E-state index contributed by atoms with van der Waals surface area (Å²) >= 11 is 0. The number of likely N-dealkylation sites (N-methyl/N-ethyl adjacent to an activating group) is 1. The minimum atomic E-state index is -3.09. The number of nitrogens with zero attached hydrogens (tertiary/aromatic N) is 3. The molecule has 4 rings (SSSR count). The number of rotatable bonds is 2. The molecule has 2 unspecified atom stereocenters. The van der Waals surface area contributed by atoms with Gasteiger partial charge in [0.05, 0.1) is 17.5 Å². The predicted molar refractivity (Wildman–Crippen MR) is 78.4 cm³/mol. The van der Waals surface area contributed by atoms with Gasteiger partial charge in [-0.2, -0.15) is 0 Å². The number of aromatic nitrogens is 1. The van der Waals surface area contributed by atoms with E-state index in [-0.39, 0.29) is 29.5 Å². The Morgan fingerprint density at radius 3 is 2.73 bits per heavy atom. The van der Waals surface area contributed by atoms with Crippen LogP contribution in [0.25, 0.3) is 0 Å². The van der Waals surface area contributed by atoms with Crippen molar-refractivity contribution >= 4 is 15.7 Å². The van der Waals surface area contributed by atoms with E-state index in [1.165, 1.54) is 0 Å². The van der Waals surface area contributed by atoms with Gasteiger partial charge in [0, 0.05) is 31.1 Å². The second-order valence-electron chi connectivity index (χ2n) is 6.58. The Labute approximate surface area is 129 Å². The number of amides is 1. The van der Waals surface area contributed by atoms with Crippen molar-refractivity contribution in [1.82, 2.24) is 15.0 Å². The molecule has 7 nitrogen and oxygen atoms in total. The van der Waals surface area contributed by atoms with E-state index in [2.05, 4.69) is 5.16 Å². The van der Waals surface area contributed by atoms with Crippen LogP contribution in [-0.2, 0) is 9.84 Å². The third-order valence-corrected chi connectivity index (χ3v) is 6.64. The minimum Gasteiger partial charge on any atom is -0.360 e. The van der Waals surface area contributed by atoms with Gasteiger partial charge in [0.15, 0.2) is 15.5 Å². The summed E-state index contributed by atoms with van der Waals surface area (Å²) in [4.78, 5) is 16.4. The number of hydrogen-bond donors (Lipinski definition) is 0. The van der Waals surface area contributed by atoms with Gasteiger partial charge in [-0.3, -0.25) is 9.69 Å². The summed E-state index contributed by atoms with van der Waals surface area (Å²) in [5, 5.41) is 3.89. The molecule has 0 radical (unpaired) electrons. The van der Waals surface area contributed by atoms with Crippen molar-refractivity contribution in [2.24, 2.45) is 0 Å². The monoisotopic (exact) mass is 325 g/mol. The summed E-state index contributed by atoms with van der Waals surface area (Å²) in [7, 11) is -1.17. The first kappa shape index (κ1) is 14.2. The van der Waals surface area contributed by atoms with Gasteiger partial charge >= 0.3 is 0 Å². The van der Waals surface area contributed by atoms with Crippen molar-refractivity contribution in [3.05, 3.63) is 17.5 Å². The molecule has 0 spiro atoms. The molecule has 1 aromatic rings. The molecule has 0 aromatic carbocycles. The van der Waals surface area contributed by atoms with E-state index in [0.29, 0.717) is 24.7 Å². The molecule has 8 heteroatoms. The van der Waals surface area contributed by atoms with Crippen LogP contribution in [0.4, 0.5) is 0 Å². The van der Waals surface area contributed by atoms with Crippen LogP contribution in [0.15, 0.2) is 10.6 Å². The van der Waals surface area contributed by atoms with Gasteiger partial charge in [-0.1, -0.05) is 5.16 Å². The van der Waals surface area contributed by atoms with Crippen molar-refractivity contribution in [2.45, 2.75) is 30.8 Å². The van der Waals surface area contributed by atoms with E-state index >= 15 is 0 Å². The quantitative estimate of drug-likeness (QED) is 0.767. The van der Waals surface area contributed by atoms with Gasteiger partial charge < -0.3 is 9.42 Å². The van der Waals surface area contributed by atoms with Gasteiger partial charge in [-0.25, -0.2) is 8.42 Å². The van der Waals surface area contributed by atoms with Gasteiger partial charge in [0.25, 0.3) is 5.91 Å². The second-order valence-corrected chi connectivity index (χ2v) is 8.73. The number of fused-ring (bicyclic) bond motifs is 1. The van der Waals surface area contributed by atoms with E-state index in [0.717, 1.165) is 18.6 Å². The molecule has 2 atom stereocenters. The Hall–Kier alpha value is -1.41. The molecule has 0 bridgehead atoms. The zero-order valence-electron chi connectivity index (χ0n) is 12.4. The van der Waals surface area contributed by atoms with Crippen LogP contribution in [0.3, 0.4) is 0 Å². The smallest absolute Gasteiger partial charge is 0.276 e. The van der Waals surface area contributed by atoms with Crippen molar-refractivity contribution in [1.29, 1.82) is 0 Å². The first-order valence-corrected chi connectivity index (χ1v) is 9.45. The lowest BCUT2D eigenvalue weighted by atomic mass is 10.0. The van der Waals surface area contributed by atoms with E-state index < -0.39 is 9.84 Å². The maximum atomic E-state index is 12.7. The topological polar surface area (TPSA) is 83.7 Å². The Balaban J connectivity index is 1.59. The van der Waals surface area contributed by atoms with Crippen LogP contribution in [0, 0.1) is 0 Å². The third kappa shape index (κ3) is 2.34. The summed E-state index contributed by atoms with van der Waals surface area (Å²) in [6.07, 6.45) is 2.17. The Kier molecular flexibility index (Phi) is 3.09. The first-order chi connectivity index (χ1) is 10.4. The van der Waals surface area contributed by atoms with E-state index in [9.17, 15) is 13.2 Å². The fraction of sp³-hybridized carbons (Fsp3) is 0.714. The summed E-state index contributed by atoms with van der Waals surface area (Å²) in [5.41, 5.74) is 0.300. The maximum Gasteiger partial charge on any atom is 0.276 e. The third-order valence-electron chi connectivity index (χ3n) is 4.94. The van der Waals surface area contributed by atoms with Crippen LogP contribution < -0.4 is 0 Å². The van der Waals surface area contributed by atoms with Crippen LogP contribution >= 0.6 is 0 Å². The highest BCUT2D eigenvalue weighted by atomic mass is 32.2. The molecule has 1 aromatic heterocycles. The second kappa shape index (κ2) is 4.79. The first-order valence-electron chi connectivity index (χ1n) is 7.63. The Morgan fingerprint density at radius 1 is 1.27 bits per heavy atom. The average molecular weight is 325 g/mol. The lowest BCUT2D eigenvalue weighted by molar-refractivity contribution is 0.0401.